The second kappa shape index (κ2) is 8.64. The summed E-state index contributed by atoms with van der Waals surface area (Å²) in [5, 5.41) is 9.26. The minimum atomic E-state index is -0.162. The zero-order valence-corrected chi connectivity index (χ0v) is 16.7. The summed E-state index contributed by atoms with van der Waals surface area (Å²) in [5.74, 6) is 1.14. The van der Waals surface area contributed by atoms with E-state index in [0.29, 0.717) is 23.0 Å². The smallest absolute Gasteiger partial charge is 0.256 e. The highest BCUT2D eigenvalue weighted by Crippen LogP contribution is 2.21. The first-order valence-corrected chi connectivity index (χ1v) is 9.37. The molecule has 0 unspecified atom stereocenters. The minimum Gasteiger partial charge on any atom is -0.354 e. The van der Waals surface area contributed by atoms with Crippen molar-refractivity contribution in [2.75, 3.05) is 22.5 Å². The summed E-state index contributed by atoms with van der Waals surface area (Å²) in [5.41, 5.74) is 3.05. The SMILES string of the molecule is CCNc1nc(C)cc(Nc2ccc(NC(=O)c3ccccc3Br)cc2)n1. The molecule has 3 N–H and O–H groups in total. The molecule has 7 heteroatoms. The van der Waals surface area contributed by atoms with Gasteiger partial charge in [0.1, 0.15) is 5.82 Å². The van der Waals surface area contributed by atoms with Crippen molar-refractivity contribution in [2.24, 2.45) is 0 Å². The van der Waals surface area contributed by atoms with E-state index in [2.05, 4.69) is 41.8 Å². The Labute approximate surface area is 166 Å². The third-order valence-corrected chi connectivity index (χ3v) is 4.41. The number of halogens is 1. The standard InChI is InChI=1S/C20H20BrN5O/c1-3-22-20-23-13(2)12-18(26-20)24-14-8-10-15(11-9-14)25-19(27)16-6-4-5-7-17(16)21/h4-12H,3H2,1-2H3,(H,25,27)(H2,22,23,24,26). The molecular formula is C20H20BrN5O. The number of carbonyl (C=O) groups excluding carboxylic acids is 1. The van der Waals surface area contributed by atoms with E-state index in [1.165, 1.54) is 0 Å². The quantitative estimate of drug-likeness (QED) is 0.519. The van der Waals surface area contributed by atoms with E-state index in [4.69, 9.17) is 0 Å². The summed E-state index contributed by atoms with van der Waals surface area (Å²) in [4.78, 5) is 21.1. The van der Waals surface area contributed by atoms with Crippen LogP contribution >= 0.6 is 15.9 Å². The number of carbonyl (C=O) groups is 1. The highest BCUT2D eigenvalue weighted by molar-refractivity contribution is 9.10. The van der Waals surface area contributed by atoms with Crippen molar-refractivity contribution in [1.82, 2.24) is 9.97 Å². The second-order valence-electron chi connectivity index (χ2n) is 5.88. The van der Waals surface area contributed by atoms with Gasteiger partial charge in [-0.1, -0.05) is 12.1 Å². The number of hydrogen-bond acceptors (Lipinski definition) is 5. The van der Waals surface area contributed by atoms with Gasteiger partial charge in [-0.05, 0) is 66.2 Å². The first-order chi connectivity index (χ1) is 13.0. The number of nitrogens with zero attached hydrogens (tertiary/aromatic N) is 2. The van der Waals surface area contributed by atoms with Gasteiger partial charge < -0.3 is 16.0 Å². The number of rotatable bonds is 6. The fourth-order valence-corrected chi connectivity index (χ4v) is 2.96. The molecule has 0 aliphatic rings. The lowest BCUT2D eigenvalue weighted by Crippen LogP contribution is -2.12. The summed E-state index contributed by atoms with van der Waals surface area (Å²) in [6.45, 7) is 4.68. The number of aromatic nitrogens is 2. The average Bonchev–Trinajstić information content (AvgIpc) is 2.63. The summed E-state index contributed by atoms with van der Waals surface area (Å²) in [7, 11) is 0. The molecule has 3 rings (SSSR count). The van der Waals surface area contributed by atoms with Gasteiger partial charge >= 0.3 is 0 Å². The highest BCUT2D eigenvalue weighted by atomic mass is 79.9. The molecule has 0 aliphatic carbocycles. The van der Waals surface area contributed by atoms with Crippen molar-refractivity contribution < 1.29 is 4.79 Å². The molecule has 138 valence electrons. The van der Waals surface area contributed by atoms with E-state index in [-0.39, 0.29) is 5.91 Å². The van der Waals surface area contributed by atoms with Crippen molar-refractivity contribution in [2.45, 2.75) is 13.8 Å². The summed E-state index contributed by atoms with van der Waals surface area (Å²) < 4.78 is 0.761. The zero-order valence-electron chi connectivity index (χ0n) is 15.1. The zero-order chi connectivity index (χ0) is 19.2. The van der Waals surface area contributed by atoms with Gasteiger partial charge in [0.25, 0.3) is 5.91 Å². The average molecular weight is 426 g/mol. The van der Waals surface area contributed by atoms with E-state index in [0.717, 1.165) is 22.4 Å². The van der Waals surface area contributed by atoms with Gasteiger partial charge in [-0.25, -0.2) is 4.98 Å². The maximum atomic E-state index is 12.4. The molecule has 0 spiro atoms. The predicted octanol–water partition coefficient (Wildman–Crippen LogP) is 4.98. The molecule has 0 saturated heterocycles. The Morgan fingerprint density at radius 3 is 2.44 bits per heavy atom. The molecule has 27 heavy (non-hydrogen) atoms. The lowest BCUT2D eigenvalue weighted by molar-refractivity contribution is 0.102. The van der Waals surface area contributed by atoms with Gasteiger partial charge in [-0.2, -0.15) is 4.98 Å². The van der Waals surface area contributed by atoms with Gasteiger partial charge in [-0.15, -0.1) is 0 Å². The van der Waals surface area contributed by atoms with Gasteiger partial charge in [0, 0.05) is 34.2 Å². The molecule has 0 radical (unpaired) electrons. The lowest BCUT2D eigenvalue weighted by atomic mass is 10.2. The molecule has 0 fully saturated rings. The van der Waals surface area contributed by atoms with Crippen LogP contribution in [0, 0.1) is 6.92 Å². The van der Waals surface area contributed by atoms with E-state index in [1.807, 2.05) is 62.4 Å². The summed E-state index contributed by atoms with van der Waals surface area (Å²) in [6, 6.07) is 16.7. The third-order valence-electron chi connectivity index (χ3n) is 3.72. The number of nitrogens with one attached hydrogen (secondary N) is 3. The van der Waals surface area contributed by atoms with Crippen LogP contribution in [-0.2, 0) is 0 Å². The Bertz CT molecular complexity index is 943. The van der Waals surface area contributed by atoms with Crippen LogP contribution < -0.4 is 16.0 Å². The van der Waals surface area contributed by atoms with Gasteiger partial charge in [0.15, 0.2) is 0 Å². The van der Waals surface area contributed by atoms with Crippen LogP contribution in [0.1, 0.15) is 23.0 Å². The van der Waals surface area contributed by atoms with Crippen LogP contribution in [0.5, 0.6) is 0 Å². The molecule has 3 aromatic rings. The Balaban J connectivity index is 1.69. The van der Waals surface area contributed by atoms with Crippen molar-refractivity contribution in [3.8, 4) is 0 Å². The van der Waals surface area contributed by atoms with Gasteiger partial charge in [0.05, 0.1) is 5.56 Å². The van der Waals surface area contributed by atoms with Crippen LogP contribution in [0.15, 0.2) is 59.1 Å². The number of benzene rings is 2. The van der Waals surface area contributed by atoms with E-state index >= 15 is 0 Å². The predicted molar refractivity (Wildman–Crippen MR) is 113 cm³/mol. The normalized spacial score (nSPS) is 10.3. The van der Waals surface area contributed by atoms with Gasteiger partial charge in [-0.3, -0.25) is 4.79 Å². The summed E-state index contributed by atoms with van der Waals surface area (Å²) >= 11 is 3.39. The Morgan fingerprint density at radius 1 is 1.04 bits per heavy atom. The first kappa shape index (κ1) is 18.8. The lowest BCUT2D eigenvalue weighted by Gasteiger charge is -2.10. The van der Waals surface area contributed by atoms with Gasteiger partial charge in [0.2, 0.25) is 5.95 Å². The molecule has 1 heterocycles. The second-order valence-corrected chi connectivity index (χ2v) is 6.74. The van der Waals surface area contributed by atoms with Crippen LogP contribution in [-0.4, -0.2) is 22.4 Å². The molecule has 0 aliphatic heterocycles. The van der Waals surface area contributed by atoms with Crippen LogP contribution in [0.3, 0.4) is 0 Å². The Morgan fingerprint density at radius 2 is 1.74 bits per heavy atom. The van der Waals surface area contributed by atoms with Crippen molar-refractivity contribution >= 4 is 45.0 Å². The van der Waals surface area contributed by atoms with Crippen molar-refractivity contribution in [3.05, 3.63) is 70.3 Å². The minimum absolute atomic E-state index is 0.162. The molecular weight excluding hydrogens is 406 g/mol. The first-order valence-electron chi connectivity index (χ1n) is 8.57. The van der Waals surface area contributed by atoms with E-state index in [9.17, 15) is 4.79 Å². The van der Waals surface area contributed by atoms with Crippen LogP contribution in [0.25, 0.3) is 0 Å². The largest absolute Gasteiger partial charge is 0.354 e. The molecule has 0 saturated carbocycles. The van der Waals surface area contributed by atoms with E-state index in [1.54, 1.807) is 6.07 Å². The van der Waals surface area contributed by atoms with E-state index < -0.39 is 0 Å². The fourth-order valence-electron chi connectivity index (χ4n) is 2.50. The molecule has 2 aromatic carbocycles. The number of hydrogen-bond donors (Lipinski definition) is 3. The Kier molecular flexibility index (Phi) is 6.03. The van der Waals surface area contributed by atoms with Crippen LogP contribution in [0.4, 0.5) is 23.1 Å². The number of aryl methyl sites for hydroxylation is 1. The fraction of sp³-hybridized carbons (Fsp3) is 0.150. The molecule has 1 amide bonds. The molecule has 0 bridgehead atoms. The highest BCUT2D eigenvalue weighted by Gasteiger charge is 2.09. The van der Waals surface area contributed by atoms with Crippen LogP contribution in [0.2, 0.25) is 0 Å². The maximum absolute atomic E-state index is 12.4. The van der Waals surface area contributed by atoms with Crippen molar-refractivity contribution in [1.29, 1.82) is 0 Å². The maximum Gasteiger partial charge on any atom is 0.256 e. The number of amides is 1. The topological polar surface area (TPSA) is 78.9 Å². The number of anilines is 4. The third kappa shape index (κ3) is 5.04. The molecule has 6 nitrogen and oxygen atoms in total. The van der Waals surface area contributed by atoms with Crippen molar-refractivity contribution in [3.63, 3.8) is 0 Å². The molecule has 0 atom stereocenters. The molecule has 1 aromatic heterocycles. The monoisotopic (exact) mass is 425 g/mol. The summed E-state index contributed by atoms with van der Waals surface area (Å²) in [6.07, 6.45) is 0. The Hall–Kier alpha value is -2.93.